The summed E-state index contributed by atoms with van der Waals surface area (Å²) in [6.07, 6.45) is 1.62. The molecule has 0 saturated carbocycles. The molecule has 1 aliphatic heterocycles. The van der Waals surface area contributed by atoms with Crippen LogP contribution in [0.1, 0.15) is 33.6 Å². The summed E-state index contributed by atoms with van der Waals surface area (Å²) in [5.41, 5.74) is 6.55. The number of hydrogen-bond donors (Lipinski definition) is 2. The second-order valence-corrected chi connectivity index (χ2v) is 7.29. The number of halogens is 1. The molecule has 3 N–H and O–H groups in total. The van der Waals surface area contributed by atoms with E-state index < -0.39 is 5.41 Å². The van der Waals surface area contributed by atoms with Gasteiger partial charge in [-0.25, -0.2) is 0 Å². The standard InChI is InChI=1S/C18H27N3O3.ClH/c1-18(2,3)17(23)21-9-5-6-12(11-21)16(22)20-13-7-8-15(24-4)14(19)10-13;/h7-8,10,12H,5-6,9,11,19H2,1-4H3,(H,20,22);1H. The van der Waals surface area contributed by atoms with Crippen molar-refractivity contribution in [3.05, 3.63) is 18.2 Å². The Morgan fingerprint density at radius 3 is 2.56 bits per heavy atom. The molecule has 0 radical (unpaired) electrons. The molecule has 1 fully saturated rings. The molecule has 7 heteroatoms. The maximum atomic E-state index is 12.5. The van der Waals surface area contributed by atoms with Crippen molar-refractivity contribution in [1.82, 2.24) is 4.90 Å². The van der Waals surface area contributed by atoms with E-state index >= 15 is 0 Å². The molecule has 0 spiro atoms. The van der Waals surface area contributed by atoms with Crippen molar-refractivity contribution in [1.29, 1.82) is 0 Å². The van der Waals surface area contributed by atoms with Crippen LogP contribution >= 0.6 is 12.4 Å². The number of amides is 2. The minimum Gasteiger partial charge on any atom is -0.495 e. The average Bonchev–Trinajstić information content (AvgIpc) is 2.53. The van der Waals surface area contributed by atoms with Crippen molar-refractivity contribution in [2.45, 2.75) is 33.6 Å². The highest BCUT2D eigenvalue weighted by Gasteiger charge is 2.33. The van der Waals surface area contributed by atoms with Crippen LogP contribution in [0.4, 0.5) is 11.4 Å². The number of carbonyl (C=O) groups is 2. The smallest absolute Gasteiger partial charge is 0.229 e. The molecule has 1 aromatic carbocycles. The maximum absolute atomic E-state index is 12.5. The highest BCUT2D eigenvalue weighted by Crippen LogP contribution is 2.27. The number of benzene rings is 1. The quantitative estimate of drug-likeness (QED) is 0.802. The Morgan fingerprint density at radius 2 is 2.00 bits per heavy atom. The fourth-order valence-electron chi connectivity index (χ4n) is 2.91. The predicted molar refractivity (Wildman–Crippen MR) is 102 cm³/mol. The Hall–Kier alpha value is -1.95. The number of likely N-dealkylation sites (tertiary alicyclic amines) is 1. The number of nitrogens with zero attached hydrogens (tertiary/aromatic N) is 1. The van der Waals surface area contributed by atoms with Crippen molar-refractivity contribution in [3.63, 3.8) is 0 Å². The number of methoxy groups -OCH3 is 1. The summed E-state index contributed by atoms with van der Waals surface area (Å²) < 4.78 is 5.11. The molecule has 1 saturated heterocycles. The van der Waals surface area contributed by atoms with E-state index in [1.807, 2.05) is 20.8 Å². The van der Waals surface area contributed by atoms with E-state index in [1.54, 1.807) is 30.2 Å². The topological polar surface area (TPSA) is 84.7 Å². The van der Waals surface area contributed by atoms with Crippen LogP contribution in [0.5, 0.6) is 5.75 Å². The zero-order chi connectivity index (χ0) is 17.9. The number of nitrogen functional groups attached to an aromatic ring is 1. The predicted octanol–water partition coefficient (Wildman–Crippen LogP) is 2.92. The molecule has 1 atom stereocenters. The van der Waals surface area contributed by atoms with Crippen LogP contribution in [0, 0.1) is 11.3 Å². The van der Waals surface area contributed by atoms with Crippen LogP contribution in [0.2, 0.25) is 0 Å². The van der Waals surface area contributed by atoms with Crippen LogP contribution in [0.15, 0.2) is 18.2 Å². The zero-order valence-corrected chi connectivity index (χ0v) is 16.1. The minimum atomic E-state index is -0.428. The molecule has 25 heavy (non-hydrogen) atoms. The Balaban J connectivity index is 0.00000312. The Morgan fingerprint density at radius 1 is 1.32 bits per heavy atom. The molecule has 1 unspecified atom stereocenters. The average molecular weight is 370 g/mol. The van der Waals surface area contributed by atoms with E-state index in [0.717, 1.165) is 19.4 Å². The third-order valence-corrected chi connectivity index (χ3v) is 4.22. The highest BCUT2D eigenvalue weighted by atomic mass is 35.5. The van der Waals surface area contributed by atoms with Crippen molar-refractivity contribution >= 4 is 35.6 Å². The van der Waals surface area contributed by atoms with E-state index in [4.69, 9.17) is 10.5 Å². The van der Waals surface area contributed by atoms with E-state index in [-0.39, 0.29) is 30.1 Å². The van der Waals surface area contributed by atoms with Crippen LogP contribution in [-0.2, 0) is 9.59 Å². The lowest BCUT2D eigenvalue weighted by molar-refractivity contribution is -0.142. The molecule has 0 aromatic heterocycles. The van der Waals surface area contributed by atoms with Gasteiger partial charge in [-0.2, -0.15) is 0 Å². The highest BCUT2D eigenvalue weighted by molar-refractivity contribution is 5.94. The largest absolute Gasteiger partial charge is 0.495 e. The first kappa shape index (κ1) is 21.1. The van der Waals surface area contributed by atoms with Crippen LogP contribution in [0.25, 0.3) is 0 Å². The molecule has 2 amide bonds. The SMILES string of the molecule is COc1ccc(NC(=O)C2CCCN(C(=O)C(C)(C)C)C2)cc1N.Cl. The molecule has 1 heterocycles. The van der Waals surface area contributed by atoms with Gasteiger partial charge in [-0.15, -0.1) is 12.4 Å². The molecular formula is C18H28ClN3O3. The monoisotopic (exact) mass is 369 g/mol. The van der Waals surface area contributed by atoms with Gasteiger partial charge in [0.25, 0.3) is 0 Å². The molecule has 1 aromatic rings. The van der Waals surface area contributed by atoms with Gasteiger partial charge in [0.2, 0.25) is 11.8 Å². The molecule has 6 nitrogen and oxygen atoms in total. The number of piperidine rings is 1. The number of rotatable bonds is 3. The number of ether oxygens (including phenoxy) is 1. The third-order valence-electron chi connectivity index (χ3n) is 4.22. The fourth-order valence-corrected chi connectivity index (χ4v) is 2.91. The number of anilines is 2. The van der Waals surface area contributed by atoms with Gasteiger partial charge in [0.15, 0.2) is 0 Å². The zero-order valence-electron chi connectivity index (χ0n) is 15.3. The van der Waals surface area contributed by atoms with Gasteiger partial charge in [0.1, 0.15) is 5.75 Å². The Labute approximate surface area is 155 Å². The lowest BCUT2D eigenvalue weighted by atomic mass is 9.91. The van der Waals surface area contributed by atoms with Gasteiger partial charge in [-0.3, -0.25) is 9.59 Å². The lowest BCUT2D eigenvalue weighted by Crippen LogP contribution is -2.47. The van der Waals surface area contributed by atoms with E-state index in [0.29, 0.717) is 23.7 Å². The first-order chi connectivity index (χ1) is 11.2. The first-order valence-electron chi connectivity index (χ1n) is 8.26. The van der Waals surface area contributed by atoms with E-state index in [2.05, 4.69) is 5.32 Å². The van der Waals surface area contributed by atoms with Crippen molar-refractivity contribution < 1.29 is 14.3 Å². The van der Waals surface area contributed by atoms with Gasteiger partial charge >= 0.3 is 0 Å². The lowest BCUT2D eigenvalue weighted by Gasteiger charge is -2.35. The van der Waals surface area contributed by atoms with E-state index in [9.17, 15) is 9.59 Å². The van der Waals surface area contributed by atoms with Gasteiger partial charge in [-0.1, -0.05) is 20.8 Å². The number of carbonyl (C=O) groups excluding carboxylic acids is 2. The third kappa shape index (κ3) is 5.26. The summed E-state index contributed by atoms with van der Waals surface area (Å²) in [5.74, 6) is 0.389. The Kier molecular flexibility index (Phi) is 7.11. The minimum absolute atomic E-state index is 0. The van der Waals surface area contributed by atoms with Crippen LogP contribution in [0.3, 0.4) is 0 Å². The molecule has 2 rings (SSSR count). The van der Waals surface area contributed by atoms with Crippen molar-refractivity contribution in [2.24, 2.45) is 11.3 Å². The Bertz CT molecular complexity index is 628. The van der Waals surface area contributed by atoms with Crippen molar-refractivity contribution in [2.75, 3.05) is 31.2 Å². The molecule has 1 aliphatic rings. The van der Waals surface area contributed by atoms with Gasteiger partial charge < -0.3 is 20.7 Å². The molecule has 0 aliphatic carbocycles. The fraction of sp³-hybridized carbons (Fsp3) is 0.556. The number of nitrogens with two attached hydrogens (primary N) is 1. The number of nitrogens with one attached hydrogen (secondary N) is 1. The maximum Gasteiger partial charge on any atom is 0.229 e. The summed E-state index contributed by atoms with van der Waals surface area (Å²) in [7, 11) is 1.55. The van der Waals surface area contributed by atoms with Gasteiger partial charge in [0, 0.05) is 24.2 Å². The first-order valence-corrected chi connectivity index (χ1v) is 8.26. The van der Waals surface area contributed by atoms with Gasteiger partial charge in [-0.05, 0) is 31.0 Å². The van der Waals surface area contributed by atoms with Gasteiger partial charge in [0.05, 0.1) is 18.7 Å². The van der Waals surface area contributed by atoms with Crippen molar-refractivity contribution in [3.8, 4) is 5.75 Å². The summed E-state index contributed by atoms with van der Waals surface area (Å²) >= 11 is 0. The molecule has 0 bridgehead atoms. The molecule has 140 valence electrons. The molecular weight excluding hydrogens is 342 g/mol. The number of hydrogen-bond acceptors (Lipinski definition) is 4. The van der Waals surface area contributed by atoms with Crippen LogP contribution in [-0.4, -0.2) is 36.9 Å². The normalized spacial score (nSPS) is 17.4. The summed E-state index contributed by atoms with van der Waals surface area (Å²) in [5, 5.41) is 2.89. The van der Waals surface area contributed by atoms with E-state index in [1.165, 1.54) is 0 Å². The summed E-state index contributed by atoms with van der Waals surface area (Å²) in [6.45, 7) is 6.89. The second kappa shape index (κ2) is 8.43. The van der Waals surface area contributed by atoms with Crippen LogP contribution < -0.4 is 15.8 Å². The summed E-state index contributed by atoms with van der Waals surface area (Å²) in [6, 6.07) is 5.16. The second-order valence-electron chi connectivity index (χ2n) is 7.29. The summed E-state index contributed by atoms with van der Waals surface area (Å²) in [4.78, 5) is 26.8.